The highest BCUT2D eigenvalue weighted by atomic mass is 35.5. The van der Waals surface area contributed by atoms with E-state index in [1.54, 1.807) is 26.2 Å². The van der Waals surface area contributed by atoms with E-state index in [0.29, 0.717) is 10.0 Å². The topological polar surface area (TPSA) is 45.6 Å². The maximum Gasteiger partial charge on any atom is 0.265 e. The number of halogens is 2. The van der Waals surface area contributed by atoms with Crippen LogP contribution in [0.15, 0.2) is 29.8 Å². The van der Waals surface area contributed by atoms with Gasteiger partial charge in [-0.25, -0.2) is 0 Å². The molecule has 0 atom stereocenters. The van der Waals surface area contributed by atoms with E-state index in [0.717, 1.165) is 22.6 Å². The van der Waals surface area contributed by atoms with E-state index >= 15 is 0 Å². The van der Waals surface area contributed by atoms with Crippen LogP contribution in [-0.4, -0.2) is 45.4 Å². The van der Waals surface area contributed by atoms with Gasteiger partial charge in [-0.3, -0.25) is 19.4 Å². The summed E-state index contributed by atoms with van der Waals surface area (Å²) in [6.07, 6.45) is 1.59. The van der Waals surface area contributed by atoms with Crippen molar-refractivity contribution in [3.8, 4) is 5.69 Å². The van der Waals surface area contributed by atoms with Gasteiger partial charge in [0, 0.05) is 25.5 Å². The largest absolute Gasteiger partial charge is 0.316 e. The second-order valence-corrected chi connectivity index (χ2v) is 7.45. The molecule has 0 spiro atoms. The van der Waals surface area contributed by atoms with Crippen molar-refractivity contribution in [2.75, 3.05) is 14.1 Å². The van der Waals surface area contributed by atoms with Gasteiger partial charge in [0.25, 0.3) is 11.8 Å². The highest BCUT2D eigenvalue weighted by molar-refractivity contribution is 7.80. The molecule has 5 nitrogen and oxygen atoms in total. The molecule has 1 saturated heterocycles. The van der Waals surface area contributed by atoms with Gasteiger partial charge in [0.1, 0.15) is 5.57 Å². The standard InChI is InChI=1S/C19H17Cl2N3O2S/c1-10-8-12(9-13-17(25)22(3)19(27)23(4)18(13)26)11(2)24(10)15-7-5-6-14(20)16(15)21/h5-9H,1-4H3. The van der Waals surface area contributed by atoms with Gasteiger partial charge in [-0.15, -0.1) is 0 Å². The van der Waals surface area contributed by atoms with E-state index in [9.17, 15) is 9.59 Å². The molecule has 1 aromatic heterocycles. The summed E-state index contributed by atoms with van der Waals surface area (Å²) in [4.78, 5) is 27.7. The summed E-state index contributed by atoms with van der Waals surface area (Å²) < 4.78 is 1.94. The molecular weight excluding hydrogens is 405 g/mol. The SMILES string of the molecule is Cc1cc(C=C2C(=O)N(C)C(=S)N(C)C2=O)c(C)n1-c1cccc(Cl)c1Cl. The summed E-state index contributed by atoms with van der Waals surface area (Å²) in [5, 5.41) is 1.07. The number of nitrogens with zero attached hydrogens (tertiary/aromatic N) is 3. The van der Waals surface area contributed by atoms with Gasteiger partial charge in [0.05, 0.1) is 15.7 Å². The van der Waals surface area contributed by atoms with E-state index in [-0.39, 0.29) is 10.7 Å². The Morgan fingerprint density at radius 3 is 2.22 bits per heavy atom. The van der Waals surface area contributed by atoms with Gasteiger partial charge in [-0.1, -0.05) is 29.3 Å². The second-order valence-electron chi connectivity index (χ2n) is 6.30. The van der Waals surface area contributed by atoms with E-state index in [4.69, 9.17) is 35.4 Å². The van der Waals surface area contributed by atoms with Crippen LogP contribution < -0.4 is 0 Å². The molecule has 0 bridgehead atoms. The Morgan fingerprint density at radius 2 is 1.63 bits per heavy atom. The van der Waals surface area contributed by atoms with E-state index < -0.39 is 11.8 Å². The number of hydrogen-bond acceptors (Lipinski definition) is 3. The summed E-state index contributed by atoms with van der Waals surface area (Å²) in [6, 6.07) is 7.30. The van der Waals surface area contributed by atoms with Crippen LogP contribution in [0.5, 0.6) is 0 Å². The van der Waals surface area contributed by atoms with Gasteiger partial charge in [0.15, 0.2) is 5.11 Å². The predicted molar refractivity (Wildman–Crippen MR) is 111 cm³/mol. The third kappa shape index (κ3) is 3.18. The minimum atomic E-state index is -0.423. The molecule has 2 amide bonds. The fourth-order valence-electron chi connectivity index (χ4n) is 3.10. The zero-order valence-corrected chi connectivity index (χ0v) is 17.5. The van der Waals surface area contributed by atoms with Crippen LogP contribution in [-0.2, 0) is 9.59 Å². The van der Waals surface area contributed by atoms with Crippen molar-refractivity contribution in [2.45, 2.75) is 13.8 Å². The first-order chi connectivity index (χ1) is 12.6. The zero-order chi connectivity index (χ0) is 20.0. The lowest BCUT2D eigenvalue weighted by molar-refractivity contribution is -0.132. The molecule has 0 aliphatic carbocycles. The van der Waals surface area contributed by atoms with Crippen LogP contribution in [0.2, 0.25) is 10.0 Å². The minimum Gasteiger partial charge on any atom is -0.316 e. The highest BCUT2D eigenvalue weighted by Crippen LogP contribution is 2.32. The van der Waals surface area contributed by atoms with E-state index in [1.807, 2.05) is 36.6 Å². The summed E-state index contributed by atoms with van der Waals surface area (Å²) in [5.41, 5.74) is 3.28. The van der Waals surface area contributed by atoms with Crippen molar-refractivity contribution >= 4 is 58.4 Å². The number of rotatable bonds is 2. The van der Waals surface area contributed by atoms with Crippen LogP contribution >= 0.6 is 35.4 Å². The number of carbonyl (C=O) groups is 2. The van der Waals surface area contributed by atoms with Crippen molar-refractivity contribution in [2.24, 2.45) is 0 Å². The van der Waals surface area contributed by atoms with Gasteiger partial charge in [-0.05, 0) is 55.9 Å². The quantitative estimate of drug-likeness (QED) is 0.418. The molecule has 1 fully saturated rings. The average molecular weight is 422 g/mol. The van der Waals surface area contributed by atoms with Crippen molar-refractivity contribution in [3.63, 3.8) is 0 Å². The molecule has 0 N–H and O–H groups in total. The summed E-state index contributed by atoms with van der Waals surface area (Å²) in [7, 11) is 3.10. The molecule has 2 aromatic rings. The highest BCUT2D eigenvalue weighted by Gasteiger charge is 2.35. The fraction of sp³-hybridized carbons (Fsp3) is 0.211. The van der Waals surface area contributed by atoms with Crippen molar-refractivity contribution < 1.29 is 9.59 Å². The Labute approximate surface area is 172 Å². The smallest absolute Gasteiger partial charge is 0.265 e. The molecule has 0 saturated carbocycles. The Kier molecular flexibility index (Phi) is 5.16. The fourth-order valence-corrected chi connectivity index (χ4v) is 3.65. The lowest BCUT2D eigenvalue weighted by Crippen LogP contribution is -2.52. The van der Waals surface area contributed by atoms with Gasteiger partial charge in [0.2, 0.25) is 0 Å². The molecular formula is C19H17Cl2N3O2S. The van der Waals surface area contributed by atoms with E-state index in [1.165, 1.54) is 9.80 Å². The van der Waals surface area contributed by atoms with Crippen molar-refractivity contribution in [1.82, 2.24) is 14.4 Å². The molecule has 2 heterocycles. The summed E-state index contributed by atoms with van der Waals surface area (Å²) in [5.74, 6) is -0.845. The predicted octanol–water partition coefficient (Wildman–Crippen LogP) is 4.00. The number of aryl methyl sites for hydroxylation is 1. The van der Waals surface area contributed by atoms with Gasteiger partial charge < -0.3 is 4.57 Å². The minimum absolute atomic E-state index is 0.0611. The molecule has 3 rings (SSSR count). The molecule has 8 heteroatoms. The number of amides is 2. The molecule has 1 aromatic carbocycles. The lowest BCUT2D eigenvalue weighted by atomic mass is 10.1. The molecule has 0 unspecified atom stereocenters. The Hall–Kier alpha value is -2.15. The van der Waals surface area contributed by atoms with Crippen LogP contribution in [0.25, 0.3) is 11.8 Å². The number of aromatic nitrogens is 1. The van der Waals surface area contributed by atoms with Crippen LogP contribution in [0.1, 0.15) is 17.0 Å². The normalized spacial score (nSPS) is 15.0. The number of benzene rings is 1. The average Bonchev–Trinajstić information content (AvgIpc) is 2.91. The molecule has 1 aliphatic heterocycles. The van der Waals surface area contributed by atoms with Crippen molar-refractivity contribution in [1.29, 1.82) is 0 Å². The maximum absolute atomic E-state index is 12.5. The number of likely N-dealkylation sites (N-methyl/N-ethyl adjacent to an activating group) is 2. The van der Waals surface area contributed by atoms with Crippen molar-refractivity contribution in [3.05, 3.63) is 56.8 Å². The van der Waals surface area contributed by atoms with Crippen LogP contribution in [0, 0.1) is 13.8 Å². The zero-order valence-electron chi connectivity index (χ0n) is 15.2. The Balaban J connectivity index is 2.14. The van der Waals surface area contributed by atoms with Crippen LogP contribution in [0.3, 0.4) is 0 Å². The van der Waals surface area contributed by atoms with Crippen LogP contribution in [0.4, 0.5) is 0 Å². The first kappa shape index (κ1) is 19.6. The van der Waals surface area contributed by atoms with E-state index in [2.05, 4.69) is 0 Å². The third-order valence-electron chi connectivity index (χ3n) is 4.59. The van der Waals surface area contributed by atoms with Gasteiger partial charge in [-0.2, -0.15) is 0 Å². The maximum atomic E-state index is 12.5. The Bertz CT molecular complexity index is 1000. The summed E-state index contributed by atoms with van der Waals surface area (Å²) in [6.45, 7) is 3.82. The molecule has 0 radical (unpaired) electrons. The van der Waals surface area contributed by atoms with Gasteiger partial charge >= 0.3 is 0 Å². The Morgan fingerprint density at radius 1 is 1.04 bits per heavy atom. The lowest BCUT2D eigenvalue weighted by Gasteiger charge is -2.31. The first-order valence-electron chi connectivity index (χ1n) is 8.10. The number of carbonyl (C=O) groups excluding carboxylic acids is 2. The number of hydrogen-bond donors (Lipinski definition) is 0. The second kappa shape index (κ2) is 7.11. The molecule has 27 heavy (non-hydrogen) atoms. The number of thiocarbonyl (C=S) groups is 1. The third-order valence-corrected chi connectivity index (χ3v) is 5.94. The monoisotopic (exact) mass is 421 g/mol. The first-order valence-corrected chi connectivity index (χ1v) is 9.26. The summed E-state index contributed by atoms with van der Waals surface area (Å²) >= 11 is 17.6. The molecule has 140 valence electrons. The molecule has 1 aliphatic rings.